The number of benzene rings is 2. The van der Waals surface area contributed by atoms with Gasteiger partial charge < -0.3 is 4.90 Å². The van der Waals surface area contributed by atoms with Crippen molar-refractivity contribution in [1.29, 1.82) is 0 Å². The Morgan fingerprint density at radius 3 is 2.41 bits per heavy atom. The SMILES string of the molecule is C=C1C2=C(CCCCCC2)N=C(c2ccccc2CC)N1CCc1ccccc1. The highest BCUT2D eigenvalue weighted by molar-refractivity contribution is 6.03. The van der Waals surface area contributed by atoms with Gasteiger partial charge in [0.15, 0.2) is 0 Å². The minimum atomic E-state index is 0.913. The summed E-state index contributed by atoms with van der Waals surface area (Å²) in [7, 11) is 0. The van der Waals surface area contributed by atoms with Crippen molar-refractivity contribution in [2.24, 2.45) is 4.99 Å². The zero-order valence-electron chi connectivity index (χ0n) is 17.7. The summed E-state index contributed by atoms with van der Waals surface area (Å²) in [5.41, 5.74) is 7.84. The summed E-state index contributed by atoms with van der Waals surface area (Å²) < 4.78 is 0. The lowest BCUT2D eigenvalue weighted by Crippen LogP contribution is -2.37. The van der Waals surface area contributed by atoms with Crippen LogP contribution in [0.25, 0.3) is 0 Å². The summed E-state index contributed by atoms with van der Waals surface area (Å²) >= 11 is 0. The van der Waals surface area contributed by atoms with Gasteiger partial charge in [-0.1, -0.05) is 80.9 Å². The van der Waals surface area contributed by atoms with E-state index in [1.807, 2.05) is 0 Å². The van der Waals surface area contributed by atoms with Crippen LogP contribution in [-0.4, -0.2) is 17.3 Å². The highest BCUT2D eigenvalue weighted by Gasteiger charge is 2.27. The van der Waals surface area contributed by atoms with Crippen LogP contribution in [0.4, 0.5) is 0 Å². The smallest absolute Gasteiger partial charge is 0.140 e. The molecule has 0 atom stereocenters. The molecular formula is C27H32N2. The molecule has 0 radical (unpaired) electrons. The molecule has 0 saturated carbocycles. The second-order valence-corrected chi connectivity index (χ2v) is 8.12. The van der Waals surface area contributed by atoms with Gasteiger partial charge in [-0.2, -0.15) is 0 Å². The zero-order valence-corrected chi connectivity index (χ0v) is 17.7. The molecule has 2 nitrogen and oxygen atoms in total. The van der Waals surface area contributed by atoms with Crippen LogP contribution in [0.3, 0.4) is 0 Å². The van der Waals surface area contributed by atoms with Crippen LogP contribution in [0, 0.1) is 0 Å². The Kier molecular flexibility index (Phi) is 6.29. The molecule has 29 heavy (non-hydrogen) atoms. The van der Waals surface area contributed by atoms with E-state index in [0.29, 0.717) is 0 Å². The molecule has 0 saturated heterocycles. The molecule has 0 bridgehead atoms. The summed E-state index contributed by atoms with van der Waals surface area (Å²) in [6, 6.07) is 19.5. The summed E-state index contributed by atoms with van der Waals surface area (Å²) in [6.45, 7) is 7.72. The van der Waals surface area contributed by atoms with Crippen molar-refractivity contribution in [2.75, 3.05) is 6.54 Å². The molecule has 2 aromatic rings. The van der Waals surface area contributed by atoms with Crippen molar-refractivity contribution in [3.05, 3.63) is 94.8 Å². The Morgan fingerprint density at radius 2 is 1.62 bits per heavy atom. The highest BCUT2D eigenvalue weighted by atomic mass is 15.2. The fourth-order valence-electron chi connectivity index (χ4n) is 4.53. The van der Waals surface area contributed by atoms with Crippen molar-refractivity contribution in [1.82, 2.24) is 4.90 Å². The van der Waals surface area contributed by atoms with Crippen molar-refractivity contribution in [2.45, 2.75) is 58.3 Å². The van der Waals surface area contributed by atoms with Crippen molar-refractivity contribution >= 4 is 5.84 Å². The highest BCUT2D eigenvalue weighted by Crippen LogP contribution is 2.35. The van der Waals surface area contributed by atoms with Gasteiger partial charge in [-0.3, -0.25) is 0 Å². The van der Waals surface area contributed by atoms with E-state index in [4.69, 9.17) is 4.99 Å². The molecule has 1 aliphatic carbocycles. The molecule has 0 unspecified atom stereocenters. The minimum absolute atomic E-state index is 0.913. The van der Waals surface area contributed by atoms with Gasteiger partial charge in [-0.25, -0.2) is 4.99 Å². The Balaban J connectivity index is 1.72. The van der Waals surface area contributed by atoms with Crippen LogP contribution in [0.15, 0.2) is 83.1 Å². The van der Waals surface area contributed by atoms with Gasteiger partial charge in [0.1, 0.15) is 5.84 Å². The van der Waals surface area contributed by atoms with Gasteiger partial charge in [0, 0.05) is 23.5 Å². The molecule has 2 aromatic carbocycles. The standard InChI is InChI=1S/C27H32N2/c1-3-23-15-11-12-17-25(23)27-28-26-18-10-5-4-9-16-24(26)21(2)29(27)20-19-22-13-7-6-8-14-22/h6-8,11-15,17H,2-5,9-10,16,18-20H2,1H3. The predicted molar refractivity (Wildman–Crippen MR) is 123 cm³/mol. The van der Waals surface area contributed by atoms with Gasteiger partial charge in [0.25, 0.3) is 0 Å². The lowest BCUT2D eigenvalue weighted by atomic mass is 9.92. The fourth-order valence-corrected chi connectivity index (χ4v) is 4.53. The molecular weight excluding hydrogens is 352 g/mol. The molecule has 2 heteroatoms. The van der Waals surface area contributed by atoms with E-state index in [9.17, 15) is 0 Å². The van der Waals surface area contributed by atoms with E-state index < -0.39 is 0 Å². The molecule has 0 N–H and O–H groups in total. The monoisotopic (exact) mass is 384 g/mol. The van der Waals surface area contributed by atoms with E-state index in [1.54, 1.807) is 0 Å². The Hall–Kier alpha value is -2.61. The van der Waals surface area contributed by atoms with Gasteiger partial charge in [-0.05, 0) is 55.2 Å². The summed E-state index contributed by atoms with van der Waals surface area (Å²) in [6.07, 6.45) is 9.33. The molecule has 0 spiro atoms. The number of rotatable bonds is 5. The molecule has 4 rings (SSSR count). The number of aryl methyl sites for hydroxylation is 1. The van der Waals surface area contributed by atoms with Crippen LogP contribution in [-0.2, 0) is 12.8 Å². The molecule has 0 aromatic heterocycles. The first-order chi connectivity index (χ1) is 14.3. The molecule has 0 fully saturated rings. The fraction of sp³-hybridized carbons (Fsp3) is 0.370. The van der Waals surface area contributed by atoms with E-state index in [-0.39, 0.29) is 0 Å². The van der Waals surface area contributed by atoms with Gasteiger partial charge in [0.05, 0.1) is 0 Å². The molecule has 1 heterocycles. The quantitative estimate of drug-likeness (QED) is 0.561. The second kappa shape index (κ2) is 9.26. The maximum Gasteiger partial charge on any atom is 0.140 e. The first kappa shape index (κ1) is 19.7. The van der Waals surface area contributed by atoms with Crippen LogP contribution < -0.4 is 0 Å². The maximum absolute atomic E-state index is 5.29. The summed E-state index contributed by atoms with van der Waals surface area (Å²) in [5.74, 6) is 1.10. The number of nitrogens with zero attached hydrogens (tertiary/aromatic N) is 2. The Morgan fingerprint density at radius 1 is 0.897 bits per heavy atom. The zero-order chi connectivity index (χ0) is 20.1. The first-order valence-electron chi connectivity index (χ1n) is 11.2. The van der Waals surface area contributed by atoms with Gasteiger partial charge in [-0.15, -0.1) is 0 Å². The van der Waals surface area contributed by atoms with Crippen LogP contribution in [0.5, 0.6) is 0 Å². The lowest BCUT2D eigenvalue weighted by Gasteiger charge is -2.35. The summed E-state index contributed by atoms with van der Waals surface area (Å²) in [5, 5.41) is 0. The Labute approximate surface area is 175 Å². The average Bonchev–Trinajstić information content (AvgIpc) is 2.74. The Bertz CT molecular complexity index is 921. The molecule has 150 valence electrons. The van der Waals surface area contributed by atoms with Gasteiger partial charge in [0.2, 0.25) is 0 Å². The van der Waals surface area contributed by atoms with Crippen molar-refractivity contribution in [3.8, 4) is 0 Å². The third-order valence-electron chi connectivity index (χ3n) is 6.22. The maximum atomic E-state index is 5.29. The number of allylic oxidation sites excluding steroid dienone is 2. The third kappa shape index (κ3) is 4.37. The largest absolute Gasteiger partial charge is 0.326 e. The van der Waals surface area contributed by atoms with E-state index >= 15 is 0 Å². The number of aliphatic imine (C=N–C) groups is 1. The second-order valence-electron chi connectivity index (χ2n) is 8.12. The first-order valence-corrected chi connectivity index (χ1v) is 11.2. The van der Waals surface area contributed by atoms with Crippen molar-refractivity contribution in [3.63, 3.8) is 0 Å². The number of amidine groups is 1. The van der Waals surface area contributed by atoms with E-state index in [1.165, 1.54) is 59.3 Å². The van der Waals surface area contributed by atoms with E-state index in [2.05, 4.69) is 73.0 Å². The van der Waals surface area contributed by atoms with E-state index in [0.717, 1.165) is 38.1 Å². The predicted octanol–water partition coefficient (Wildman–Crippen LogP) is 6.68. The van der Waals surface area contributed by atoms with Crippen LogP contribution in [0.1, 0.15) is 62.1 Å². The average molecular weight is 385 g/mol. The third-order valence-corrected chi connectivity index (χ3v) is 6.22. The van der Waals surface area contributed by atoms with Crippen LogP contribution >= 0.6 is 0 Å². The molecule has 1 aliphatic heterocycles. The van der Waals surface area contributed by atoms with Gasteiger partial charge >= 0.3 is 0 Å². The number of hydrogen-bond acceptors (Lipinski definition) is 2. The lowest BCUT2D eigenvalue weighted by molar-refractivity contribution is 0.496. The number of hydrogen-bond donors (Lipinski definition) is 0. The van der Waals surface area contributed by atoms with Crippen LogP contribution in [0.2, 0.25) is 0 Å². The topological polar surface area (TPSA) is 15.6 Å². The van der Waals surface area contributed by atoms with Crippen molar-refractivity contribution < 1.29 is 0 Å². The summed E-state index contributed by atoms with van der Waals surface area (Å²) in [4.78, 5) is 7.68. The minimum Gasteiger partial charge on any atom is -0.326 e. The molecule has 2 aliphatic rings. The molecule has 0 amide bonds. The normalized spacial score (nSPS) is 17.5.